The summed E-state index contributed by atoms with van der Waals surface area (Å²) in [5.74, 6) is 0.900. The van der Waals surface area contributed by atoms with Crippen molar-refractivity contribution < 1.29 is 4.74 Å². The molecule has 55 valence electrons. The maximum atomic E-state index is 5.41. The van der Waals surface area contributed by atoms with Crippen LogP contribution in [0, 0.1) is 6.07 Å². The van der Waals surface area contributed by atoms with E-state index in [1.54, 1.807) is 0 Å². The Bertz CT molecular complexity index is 276. The molecule has 0 N–H and O–H groups in total. The van der Waals surface area contributed by atoms with Gasteiger partial charge in [-0.05, 0) is 12.0 Å². The highest BCUT2D eigenvalue weighted by Crippen LogP contribution is 2.19. The molecule has 1 aliphatic heterocycles. The van der Waals surface area contributed by atoms with E-state index >= 15 is 0 Å². The predicted octanol–water partition coefficient (Wildman–Crippen LogP) is 1.98. The second kappa shape index (κ2) is 2.79. The first-order valence-corrected chi connectivity index (χ1v) is 3.74. The largest absolute Gasteiger partial charge is 0.489 e. The predicted molar refractivity (Wildman–Crippen MR) is 43.6 cm³/mol. The molecule has 0 aromatic heterocycles. The zero-order chi connectivity index (χ0) is 7.52. The lowest BCUT2D eigenvalue weighted by Gasteiger charge is -2.03. The molecule has 1 aliphatic rings. The fraction of sp³-hybridized carbons (Fsp3) is 0.200. The normalized spacial score (nSPS) is 14.9. The van der Waals surface area contributed by atoms with E-state index in [0.29, 0.717) is 6.61 Å². The molecule has 0 aliphatic carbocycles. The maximum absolute atomic E-state index is 5.41. The van der Waals surface area contributed by atoms with E-state index < -0.39 is 0 Å². The first kappa shape index (κ1) is 6.47. The molecule has 0 bridgehead atoms. The molecule has 11 heavy (non-hydrogen) atoms. The smallest absolute Gasteiger partial charge is 0.131 e. The molecule has 1 radical (unpaired) electrons. The summed E-state index contributed by atoms with van der Waals surface area (Å²) < 4.78 is 5.41. The van der Waals surface area contributed by atoms with Crippen LogP contribution in [0.1, 0.15) is 5.56 Å². The lowest BCUT2D eigenvalue weighted by atomic mass is 10.1. The molecule has 0 amide bonds. The average molecular weight is 145 g/mol. The van der Waals surface area contributed by atoms with Crippen molar-refractivity contribution in [3.8, 4) is 5.75 Å². The van der Waals surface area contributed by atoms with Crippen molar-refractivity contribution in [3.63, 3.8) is 0 Å². The molecule has 0 saturated heterocycles. The monoisotopic (exact) mass is 145 g/mol. The number of allylic oxidation sites excluding steroid dienone is 1. The molecule has 1 aromatic rings. The molecule has 0 fully saturated rings. The van der Waals surface area contributed by atoms with Crippen molar-refractivity contribution in [3.05, 3.63) is 42.0 Å². The van der Waals surface area contributed by atoms with Crippen molar-refractivity contribution >= 4 is 0 Å². The third kappa shape index (κ3) is 1.27. The number of hydrogen-bond donors (Lipinski definition) is 0. The lowest BCUT2D eigenvalue weighted by Crippen LogP contribution is -1.93. The van der Waals surface area contributed by atoms with Crippen molar-refractivity contribution in [2.24, 2.45) is 0 Å². The van der Waals surface area contributed by atoms with Gasteiger partial charge in [-0.15, -0.1) is 0 Å². The summed E-state index contributed by atoms with van der Waals surface area (Å²) in [6, 6.07) is 9.00. The minimum atomic E-state index is 0.674. The van der Waals surface area contributed by atoms with Gasteiger partial charge in [-0.25, -0.2) is 0 Å². The van der Waals surface area contributed by atoms with Gasteiger partial charge < -0.3 is 4.74 Å². The Morgan fingerprint density at radius 1 is 1.36 bits per heavy atom. The Morgan fingerprint density at radius 2 is 2.36 bits per heavy atom. The third-order valence-corrected chi connectivity index (χ3v) is 1.73. The van der Waals surface area contributed by atoms with E-state index in [4.69, 9.17) is 4.74 Å². The van der Waals surface area contributed by atoms with Crippen LogP contribution in [-0.4, -0.2) is 6.61 Å². The highest BCUT2D eigenvalue weighted by molar-refractivity contribution is 5.34. The van der Waals surface area contributed by atoms with Gasteiger partial charge in [-0.2, -0.15) is 0 Å². The Morgan fingerprint density at radius 3 is 3.36 bits per heavy atom. The van der Waals surface area contributed by atoms with E-state index in [0.717, 1.165) is 12.2 Å². The zero-order valence-electron chi connectivity index (χ0n) is 6.21. The Hall–Kier alpha value is -1.24. The Labute approximate surface area is 66.3 Å². The lowest BCUT2D eigenvalue weighted by molar-refractivity contribution is 0.362. The van der Waals surface area contributed by atoms with Crippen LogP contribution in [0.3, 0.4) is 0 Å². The number of fused-ring (bicyclic) bond motifs is 1. The van der Waals surface area contributed by atoms with Crippen molar-refractivity contribution in [1.29, 1.82) is 0 Å². The molecule has 0 unspecified atom stereocenters. The van der Waals surface area contributed by atoms with E-state index in [9.17, 15) is 0 Å². The van der Waals surface area contributed by atoms with E-state index in [1.807, 2.05) is 18.2 Å². The van der Waals surface area contributed by atoms with Gasteiger partial charge in [-0.1, -0.05) is 30.4 Å². The van der Waals surface area contributed by atoms with Crippen LogP contribution in [0.5, 0.6) is 5.75 Å². The Balaban J connectivity index is 2.40. The highest BCUT2D eigenvalue weighted by atomic mass is 16.5. The fourth-order valence-electron chi connectivity index (χ4n) is 1.16. The van der Waals surface area contributed by atoms with Gasteiger partial charge in [0.2, 0.25) is 0 Å². The second-order valence-corrected chi connectivity index (χ2v) is 2.51. The van der Waals surface area contributed by atoms with Gasteiger partial charge in [0, 0.05) is 6.07 Å². The van der Waals surface area contributed by atoms with Crippen molar-refractivity contribution in [2.45, 2.75) is 6.42 Å². The molecule has 1 aromatic carbocycles. The van der Waals surface area contributed by atoms with Crippen LogP contribution >= 0.6 is 0 Å². The van der Waals surface area contributed by atoms with Gasteiger partial charge >= 0.3 is 0 Å². The number of ether oxygens (including phenoxy) is 1. The molecular weight excluding hydrogens is 136 g/mol. The van der Waals surface area contributed by atoms with Crippen molar-refractivity contribution in [2.75, 3.05) is 6.61 Å². The van der Waals surface area contributed by atoms with Gasteiger partial charge in [-0.3, -0.25) is 0 Å². The zero-order valence-corrected chi connectivity index (χ0v) is 6.21. The third-order valence-electron chi connectivity index (χ3n) is 1.73. The maximum Gasteiger partial charge on any atom is 0.131 e. The summed E-state index contributed by atoms with van der Waals surface area (Å²) in [6.07, 6.45) is 5.13. The summed E-state index contributed by atoms with van der Waals surface area (Å²) in [6.45, 7) is 0.674. The van der Waals surface area contributed by atoms with Crippen LogP contribution in [0.25, 0.3) is 0 Å². The van der Waals surface area contributed by atoms with E-state index in [-0.39, 0.29) is 0 Å². The molecule has 1 nitrogen and oxygen atoms in total. The molecule has 1 heterocycles. The summed E-state index contributed by atoms with van der Waals surface area (Å²) in [5, 5.41) is 0. The van der Waals surface area contributed by atoms with E-state index in [2.05, 4.69) is 18.2 Å². The van der Waals surface area contributed by atoms with Crippen LogP contribution < -0.4 is 4.74 Å². The molecule has 1 heteroatoms. The fourth-order valence-corrected chi connectivity index (χ4v) is 1.16. The summed E-state index contributed by atoms with van der Waals surface area (Å²) >= 11 is 0. The van der Waals surface area contributed by atoms with Crippen LogP contribution in [0.2, 0.25) is 0 Å². The van der Waals surface area contributed by atoms with Crippen LogP contribution in [0.15, 0.2) is 30.4 Å². The van der Waals surface area contributed by atoms with Gasteiger partial charge in [0.15, 0.2) is 0 Å². The van der Waals surface area contributed by atoms with Gasteiger partial charge in [0.25, 0.3) is 0 Å². The van der Waals surface area contributed by atoms with Crippen LogP contribution in [0.4, 0.5) is 0 Å². The number of para-hydroxylation sites is 1. The number of rotatable bonds is 0. The molecule has 2 rings (SSSR count). The summed E-state index contributed by atoms with van der Waals surface area (Å²) in [7, 11) is 0. The molecule has 0 saturated carbocycles. The number of benzene rings is 1. The van der Waals surface area contributed by atoms with Crippen LogP contribution in [-0.2, 0) is 6.42 Å². The Kier molecular flexibility index (Phi) is 1.64. The van der Waals surface area contributed by atoms with E-state index in [1.165, 1.54) is 5.56 Å². The quantitative estimate of drug-likeness (QED) is 0.507. The minimum absolute atomic E-state index is 0.674. The van der Waals surface area contributed by atoms with Gasteiger partial charge in [0.1, 0.15) is 12.4 Å². The standard InChI is InChI=1S/C10H9O/c1-2-7-10-9(5-1)6-3-4-8-11-10/h1-5H,6,8H2. The van der Waals surface area contributed by atoms with Crippen molar-refractivity contribution in [1.82, 2.24) is 0 Å². The molecule has 0 spiro atoms. The molecular formula is C10H9O. The first-order chi connectivity index (χ1) is 5.47. The SMILES string of the molecule is [c]1cccc2c1OCC=CC2. The number of hydrogen-bond acceptors (Lipinski definition) is 1. The highest BCUT2D eigenvalue weighted by Gasteiger charge is 2.02. The minimum Gasteiger partial charge on any atom is -0.489 e. The molecule has 0 atom stereocenters. The average Bonchev–Trinajstić information content (AvgIpc) is 2.28. The second-order valence-electron chi connectivity index (χ2n) is 2.51. The van der Waals surface area contributed by atoms with Gasteiger partial charge in [0.05, 0.1) is 0 Å². The summed E-state index contributed by atoms with van der Waals surface area (Å²) in [4.78, 5) is 0. The first-order valence-electron chi connectivity index (χ1n) is 3.74. The summed E-state index contributed by atoms with van der Waals surface area (Å²) in [5.41, 5.74) is 1.22. The topological polar surface area (TPSA) is 9.23 Å².